The van der Waals surface area contributed by atoms with Gasteiger partial charge >= 0.3 is 0 Å². The lowest BCUT2D eigenvalue weighted by molar-refractivity contribution is 0.0952. The van der Waals surface area contributed by atoms with Crippen LogP contribution in [0.2, 0.25) is 0 Å². The molecule has 0 aliphatic heterocycles. The van der Waals surface area contributed by atoms with Gasteiger partial charge in [-0.05, 0) is 24.2 Å². The Hall–Kier alpha value is -1.20. The predicted octanol–water partition coefficient (Wildman–Crippen LogP) is 2.21. The summed E-state index contributed by atoms with van der Waals surface area (Å²) in [5, 5.41) is 0. The molecule has 1 heterocycles. The molecule has 2 unspecified atom stereocenters. The molecule has 0 saturated heterocycles. The maximum Gasteiger partial charge on any atom is 0.237 e. The average Bonchev–Trinajstić information content (AvgIpc) is 2.41. The summed E-state index contributed by atoms with van der Waals surface area (Å²) in [6, 6.07) is -0.0149. The standard InChI is InChI=1S/C14H24N4O/c1-14(2)7-5-4-6-10(14)11(18-15)12-13(19-3)17-9-8-16-12/h8-11,18H,4-7,15H2,1-3H3. The number of hydrazine groups is 1. The van der Waals surface area contributed by atoms with Gasteiger partial charge < -0.3 is 4.74 Å². The molecule has 0 amide bonds. The Kier molecular flexibility index (Phi) is 4.37. The van der Waals surface area contributed by atoms with Gasteiger partial charge in [0.05, 0.1) is 13.2 Å². The van der Waals surface area contributed by atoms with E-state index in [2.05, 4.69) is 29.2 Å². The third-order valence-corrected chi connectivity index (χ3v) is 4.35. The maximum absolute atomic E-state index is 5.81. The number of nitrogens with one attached hydrogen (secondary N) is 1. The minimum absolute atomic E-state index is 0.0149. The van der Waals surface area contributed by atoms with Crippen molar-refractivity contribution in [1.29, 1.82) is 0 Å². The molecule has 1 aromatic heterocycles. The average molecular weight is 264 g/mol. The second-order valence-electron chi connectivity index (χ2n) is 5.94. The number of nitrogens with two attached hydrogens (primary N) is 1. The number of hydrogen-bond donors (Lipinski definition) is 2. The second-order valence-corrected chi connectivity index (χ2v) is 5.94. The quantitative estimate of drug-likeness (QED) is 0.644. The van der Waals surface area contributed by atoms with Gasteiger partial charge in [-0.1, -0.05) is 26.7 Å². The van der Waals surface area contributed by atoms with Crippen LogP contribution in [0.4, 0.5) is 0 Å². The maximum atomic E-state index is 5.81. The molecule has 1 saturated carbocycles. The summed E-state index contributed by atoms with van der Waals surface area (Å²) in [5.41, 5.74) is 4.00. The molecule has 1 aromatic rings. The van der Waals surface area contributed by atoms with Crippen molar-refractivity contribution in [2.75, 3.05) is 7.11 Å². The van der Waals surface area contributed by atoms with E-state index in [4.69, 9.17) is 10.6 Å². The van der Waals surface area contributed by atoms with Gasteiger partial charge in [0, 0.05) is 12.4 Å². The summed E-state index contributed by atoms with van der Waals surface area (Å²) in [4.78, 5) is 8.66. The van der Waals surface area contributed by atoms with E-state index >= 15 is 0 Å². The Balaban J connectivity index is 2.33. The normalized spacial score (nSPS) is 23.9. The van der Waals surface area contributed by atoms with Crippen molar-refractivity contribution >= 4 is 0 Å². The lowest BCUT2D eigenvalue weighted by Gasteiger charge is -2.42. The first-order chi connectivity index (χ1) is 9.10. The van der Waals surface area contributed by atoms with Crippen molar-refractivity contribution in [1.82, 2.24) is 15.4 Å². The van der Waals surface area contributed by atoms with E-state index in [0.717, 1.165) is 12.1 Å². The van der Waals surface area contributed by atoms with Crippen LogP contribution in [0.3, 0.4) is 0 Å². The first kappa shape index (κ1) is 14.2. The van der Waals surface area contributed by atoms with E-state index in [9.17, 15) is 0 Å². The van der Waals surface area contributed by atoms with Gasteiger partial charge in [-0.25, -0.2) is 4.98 Å². The summed E-state index contributed by atoms with van der Waals surface area (Å²) in [6.07, 6.45) is 8.24. The van der Waals surface area contributed by atoms with E-state index < -0.39 is 0 Å². The zero-order valence-corrected chi connectivity index (χ0v) is 12.0. The van der Waals surface area contributed by atoms with E-state index in [1.165, 1.54) is 19.3 Å². The molecule has 0 aromatic carbocycles. The van der Waals surface area contributed by atoms with Crippen molar-refractivity contribution in [3.8, 4) is 5.88 Å². The molecule has 0 radical (unpaired) electrons. The van der Waals surface area contributed by atoms with Gasteiger partial charge in [0.1, 0.15) is 5.69 Å². The summed E-state index contributed by atoms with van der Waals surface area (Å²) < 4.78 is 5.32. The van der Waals surface area contributed by atoms with Crippen LogP contribution < -0.4 is 16.0 Å². The predicted molar refractivity (Wildman–Crippen MR) is 74.4 cm³/mol. The zero-order chi connectivity index (χ0) is 13.9. The summed E-state index contributed by atoms with van der Waals surface area (Å²) in [5.74, 6) is 6.81. The second kappa shape index (κ2) is 5.84. The molecule has 0 spiro atoms. The van der Waals surface area contributed by atoms with Gasteiger partial charge in [0.2, 0.25) is 5.88 Å². The fourth-order valence-corrected chi connectivity index (χ4v) is 3.23. The lowest BCUT2D eigenvalue weighted by atomic mass is 9.65. The molecular formula is C14H24N4O. The number of hydrogen-bond acceptors (Lipinski definition) is 5. The van der Waals surface area contributed by atoms with Crippen LogP contribution in [0.1, 0.15) is 51.3 Å². The fraction of sp³-hybridized carbons (Fsp3) is 0.714. The molecule has 0 bridgehead atoms. The smallest absolute Gasteiger partial charge is 0.237 e. The monoisotopic (exact) mass is 264 g/mol. The molecule has 19 heavy (non-hydrogen) atoms. The molecule has 2 rings (SSSR count). The van der Waals surface area contributed by atoms with Gasteiger partial charge in [0.15, 0.2) is 0 Å². The Labute approximate surface area is 114 Å². The Morgan fingerprint density at radius 3 is 2.74 bits per heavy atom. The van der Waals surface area contributed by atoms with E-state index in [1.54, 1.807) is 19.5 Å². The van der Waals surface area contributed by atoms with Gasteiger partial charge in [-0.3, -0.25) is 16.3 Å². The first-order valence-corrected chi connectivity index (χ1v) is 6.91. The molecule has 106 valence electrons. The van der Waals surface area contributed by atoms with Crippen molar-refractivity contribution in [3.05, 3.63) is 18.1 Å². The Bertz CT molecular complexity index is 422. The van der Waals surface area contributed by atoms with Crippen LogP contribution in [0.15, 0.2) is 12.4 Å². The van der Waals surface area contributed by atoms with Crippen molar-refractivity contribution in [3.63, 3.8) is 0 Å². The number of aromatic nitrogens is 2. The van der Waals surface area contributed by atoms with Gasteiger partial charge in [0.25, 0.3) is 0 Å². The number of rotatable bonds is 4. The van der Waals surface area contributed by atoms with Crippen molar-refractivity contribution in [2.45, 2.75) is 45.6 Å². The largest absolute Gasteiger partial charge is 0.480 e. The van der Waals surface area contributed by atoms with Crippen LogP contribution in [-0.2, 0) is 0 Å². The van der Waals surface area contributed by atoms with Crippen LogP contribution in [0.25, 0.3) is 0 Å². The lowest BCUT2D eigenvalue weighted by Crippen LogP contribution is -2.42. The molecule has 3 N–H and O–H groups in total. The van der Waals surface area contributed by atoms with Crippen molar-refractivity contribution < 1.29 is 4.74 Å². The van der Waals surface area contributed by atoms with Gasteiger partial charge in [-0.15, -0.1) is 0 Å². The highest BCUT2D eigenvalue weighted by molar-refractivity contribution is 5.22. The topological polar surface area (TPSA) is 73.1 Å². The summed E-state index contributed by atoms with van der Waals surface area (Å²) in [7, 11) is 1.62. The molecule has 1 fully saturated rings. The first-order valence-electron chi connectivity index (χ1n) is 6.91. The number of ether oxygens (including phenoxy) is 1. The van der Waals surface area contributed by atoms with Crippen LogP contribution in [-0.4, -0.2) is 17.1 Å². The summed E-state index contributed by atoms with van der Waals surface area (Å²) in [6.45, 7) is 4.62. The number of methoxy groups -OCH3 is 1. The molecular weight excluding hydrogens is 240 g/mol. The highest BCUT2D eigenvalue weighted by Gasteiger charge is 2.39. The zero-order valence-electron chi connectivity index (χ0n) is 12.0. The highest BCUT2D eigenvalue weighted by atomic mass is 16.5. The molecule has 1 aliphatic rings. The number of nitrogens with zero attached hydrogens (tertiary/aromatic N) is 2. The third-order valence-electron chi connectivity index (χ3n) is 4.35. The molecule has 5 heteroatoms. The van der Waals surface area contributed by atoms with E-state index in [1.807, 2.05) is 0 Å². The minimum Gasteiger partial charge on any atom is -0.480 e. The third kappa shape index (κ3) is 2.87. The Morgan fingerprint density at radius 2 is 2.11 bits per heavy atom. The fourth-order valence-electron chi connectivity index (χ4n) is 3.23. The van der Waals surface area contributed by atoms with Crippen LogP contribution in [0, 0.1) is 11.3 Å². The van der Waals surface area contributed by atoms with Crippen LogP contribution in [0.5, 0.6) is 5.88 Å². The van der Waals surface area contributed by atoms with Gasteiger partial charge in [-0.2, -0.15) is 0 Å². The minimum atomic E-state index is -0.0149. The molecule has 1 aliphatic carbocycles. The highest BCUT2D eigenvalue weighted by Crippen LogP contribution is 2.47. The summed E-state index contributed by atoms with van der Waals surface area (Å²) >= 11 is 0. The van der Waals surface area contributed by atoms with Crippen molar-refractivity contribution in [2.24, 2.45) is 17.2 Å². The molecule has 2 atom stereocenters. The SMILES string of the molecule is COc1nccnc1C(NN)C1CCCCC1(C)C. The van der Waals surface area contributed by atoms with E-state index in [-0.39, 0.29) is 11.5 Å². The van der Waals surface area contributed by atoms with E-state index in [0.29, 0.717) is 11.8 Å². The van der Waals surface area contributed by atoms with Crippen LogP contribution >= 0.6 is 0 Å². The Morgan fingerprint density at radius 1 is 1.37 bits per heavy atom. The molecule has 5 nitrogen and oxygen atoms in total.